The molecular weight excluding hydrogens is 320 g/mol. The predicted octanol–water partition coefficient (Wildman–Crippen LogP) is 1.69. The minimum Gasteiger partial charge on any atom is -0.493 e. The number of nitro benzene ring substituents is 1. The van der Waals surface area contributed by atoms with E-state index in [9.17, 15) is 24.8 Å². The first-order valence-electron chi connectivity index (χ1n) is 7.35. The lowest BCUT2D eigenvalue weighted by Gasteiger charge is -2.32. The van der Waals surface area contributed by atoms with Crippen LogP contribution < -0.4 is 9.47 Å². The van der Waals surface area contributed by atoms with E-state index in [0.717, 1.165) is 6.07 Å². The lowest BCUT2D eigenvalue weighted by Crippen LogP contribution is -2.48. The maximum Gasteiger partial charge on any atom is 0.326 e. The molecule has 2 rings (SSSR count). The van der Waals surface area contributed by atoms with Crippen LogP contribution in [0.4, 0.5) is 5.69 Å². The molecule has 0 spiro atoms. The third kappa shape index (κ3) is 3.24. The standard InChI is InChI=1S/C15H18N2O7/c1-23-12-7-9(11(17(21)22)8-13(12)24-2)14(18)16-6-4-3-5-10(16)15(19)20/h7-8,10H,3-6H2,1-2H3,(H,19,20). The van der Waals surface area contributed by atoms with Crippen LogP contribution in [0.2, 0.25) is 0 Å². The first-order valence-corrected chi connectivity index (χ1v) is 7.35. The number of carbonyl (C=O) groups excluding carboxylic acids is 1. The average molecular weight is 338 g/mol. The van der Waals surface area contributed by atoms with E-state index >= 15 is 0 Å². The molecule has 1 fully saturated rings. The van der Waals surface area contributed by atoms with Crippen LogP contribution in [0, 0.1) is 10.1 Å². The molecule has 1 aromatic carbocycles. The van der Waals surface area contributed by atoms with E-state index in [1.807, 2.05) is 0 Å². The number of rotatable bonds is 5. The highest BCUT2D eigenvalue weighted by Gasteiger charge is 2.36. The van der Waals surface area contributed by atoms with Gasteiger partial charge in [-0.3, -0.25) is 14.9 Å². The number of hydrogen-bond donors (Lipinski definition) is 1. The number of likely N-dealkylation sites (tertiary alicyclic amines) is 1. The van der Waals surface area contributed by atoms with E-state index in [-0.39, 0.29) is 23.6 Å². The van der Waals surface area contributed by atoms with Crippen LogP contribution in [0.15, 0.2) is 12.1 Å². The number of nitro groups is 1. The Bertz CT molecular complexity index is 674. The van der Waals surface area contributed by atoms with Gasteiger partial charge in [0.1, 0.15) is 11.6 Å². The Morgan fingerprint density at radius 2 is 1.88 bits per heavy atom. The van der Waals surface area contributed by atoms with Crippen LogP contribution in [-0.2, 0) is 4.79 Å². The third-order valence-corrected chi connectivity index (χ3v) is 3.98. The summed E-state index contributed by atoms with van der Waals surface area (Å²) in [5, 5.41) is 20.6. The Morgan fingerprint density at radius 3 is 2.42 bits per heavy atom. The normalized spacial score (nSPS) is 17.2. The Hall–Kier alpha value is -2.84. The Kier molecular flexibility index (Phi) is 5.22. The van der Waals surface area contributed by atoms with Gasteiger partial charge in [0, 0.05) is 12.6 Å². The molecule has 1 aromatic rings. The van der Waals surface area contributed by atoms with E-state index in [4.69, 9.17) is 9.47 Å². The molecule has 1 aliphatic rings. The van der Waals surface area contributed by atoms with Crippen LogP contribution in [0.25, 0.3) is 0 Å². The SMILES string of the molecule is COc1cc(C(=O)N2CCCCC2C(=O)O)c([N+](=O)[O-])cc1OC. The second kappa shape index (κ2) is 7.16. The molecule has 1 unspecified atom stereocenters. The number of carbonyl (C=O) groups is 2. The molecular formula is C15H18N2O7. The van der Waals surface area contributed by atoms with Gasteiger partial charge in [-0.05, 0) is 19.3 Å². The number of nitrogens with zero attached hydrogens (tertiary/aromatic N) is 2. The molecule has 1 amide bonds. The van der Waals surface area contributed by atoms with Crippen molar-refractivity contribution in [1.82, 2.24) is 4.90 Å². The van der Waals surface area contributed by atoms with E-state index < -0.39 is 28.5 Å². The summed E-state index contributed by atoms with van der Waals surface area (Å²) in [6.07, 6.45) is 1.66. The van der Waals surface area contributed by atoms with Gasteiger partial charge in [0.2, 0.25) is 0 Å². The summed E-state index contributed by atoms with van der Waals surface area (Å²) >= 11 is 0. The van der Waals surface area contributed by atoms with Gasteiger partial charge in [-0.2, -0.15) is 0 Å². The fourth-order valence-electron chi connectivity index (χ4n) is 2.78. The molecule has 1 atom stereocenters. The van der Waals surface area contributed by atoms with Crippen LogP contribution >= 0.6 is 0 Å². The second-order valence-corrected chi connectivity index (χ2v) is 5.33. The fourth-order valence-corrected chi connectivity index (χ4v) is 2.78. The average Bonchev–Trinajstić information content (AvgIpc) is 2.59. The van der Waals surface area contributed by atoms with Crippen molar-refractivity contribution in [3.05, 3.63) is 27.8 Å². The highest BCUT2D eigenvalue weighted by Crippen LogP contribution is 2.35. The zero-order valence-corrected chi connectivity index (χ0v) is 13.4. The molecule has 0 radical (unpaired) electrons. The quantitative estimate of drug-likeness (QED) is 0.641. The number of carboxylic acids is 1. The number of ether oxygens (including phenoxy) is 2. The van der Waals surface area contributed by atoms with Crippen molar-refractivity contribution in [3.63, 3.8) is 0 Å². The van der Waals surface area contributed by atoms with Crippen molar-refractivity contribution < 1.29 is 29.1 Å². The maximum absolute atomic E-state index is 12.8. The Balaban J connectivity index is 2.50. The van der Waals surface area contributed by atoms with Gasteiger partial charge in [0.15, 0.2) is 11.5 Å². The highest BCUT2D eigenvalue weighted by atomic mass is 16.6. The first-order chi connectivity index (χ1) is 11.4. The van der Waals surface area contributed by atoms with Gasteiger partial charge in [0.25, 0.3) is 11.6 Å². The van der Waals surface area contributed by atoms with Crippen LogP contribution in [0.3, 0.4) is 0 Å². The number of amides is 1. The summed E-state index contributed by atoms with van der Waals surface area (Å²) in [6.45, 7) is 0.237. The highest BCUT2D eigenvalue weighted by molar-refractivity contribution is 6.01. The smallest absolute Gasteiger partial charge is 0.326 e. The number of carboxylic acid groups (broad SMARTS) is 1. The second-order valence-electron chi connectivity index (χ2n) is 5.33. The first kappa shape index (κ1) is 17.5. The van der Waals surface area contributed by atoms with E-state index in [2.05, 4.69) is 0 Å². The van der Waals surface area contributed by atoms with Gasteiger partial charge in [-0.1, -0.05) is 0 Å². The summed E-state index contributed by atoms with van der Waals surface area (Å²) < 4.78 is 10.1. The molecule has 1 N–H and O–H groups in total. The zero-order chi connectivity index (χ0) is 17.9. The third-order valence-electron chi connectivity index (χ3n) is 3.98. The summed E-state index contributed by atoms with van der Waals surface area (Å²) in [5.74, 6) is -1.54. The van der Waals surface area contributed by atoms with E-state index in [1.54, 1.807) is 0 Å². The molecule has 0 aliphatic carbocycles. The molecule has 0 aromatic heterocycles. The molecule has 1 heterocycles. The molecule has 0 bridgehead atoms. The molecule has 130 valence electrons. The van der Waals surface area contributed by atoms with E-state index in [0.29, 0.717) is 19.3 Å². The van der Waals surface area contributed by atoms with Crippen LogP contribution in [0.5, 0.6) is 11.5 Å². The van der Waals surface area contributed by atoms with Crippen molar-refractivity contribution in [1.29, 1.82) is 0 Å². The monoisotopic (exact) mass is 338 g/mol. The molecule has 9 heteroatoms. The Labute approximate surface area is 137 Å². The van der Waals surface area contributed by atoms with Crippen LogP contribution in [0.1, 0.15) is 29.6 Å². The zero-order valence-electron chi connectivity index (χ0n) is 13.4. The molecule has 1 saturated heterocycles. The van der Waals surface area contributed by atoms with Gasteiger partial charge < -0.3 is 19.5 Å². The molecule has 9 nitrogen and oxygen atoms in total. The van der Waals surface area contributed by atoms with E-state index in [1.165, 1.54) is 25.2 Å². The molecule has 1 aliphatic heterocycles. The lowest BCUT2D eigenvalue weighted by atomic mass is 10.00. The van der Waals surface area contributed by atoms with Crippen molar-refractivity contribution in [2.24, 2.45) is 0 Å². The number of piperidine rings is 1. The molecule has 0 saturated carbocycles. The van der Waals surface area contributed by atoms with Crippen molar-refractivity contribution in [3.8, 4) is 11.5 Å². The topological polar surface area (TPSA) is 119 Å². The van der Waals surface area contributed by atoms with Crippen molar-refractivity contribution in [2.75, 3.05) is 20.8 Å². The predicted molar refractivity (Wildman–Crippen MR) is 82.5 cm³/mol. The number of hydrogen-bond acceptors (Lipinski definition) is 6. The van der Waals surface area contributed by atoms with Gasteiger partial charge in [0.05, 0.1) is 25.2 Å². The van der Waals surface area contributed by atoms with Gasteiger partial charge in [-0.15, -0.1) is 0 Å². The van der Waals surface area contributed by atoms with Crippen molar-refractivity contribution in [2.45, 2.75) is 25.3 Å². The minimum absolute atomic E-state index is 0.120. The fraction of sp³-hybridized carbons (Fsp3) is 0.467. The maximum atomic E-state index is 12.8. The summed E-state index contributed by atoms with van der Waals surface area (Å²) in [6, 6.07) is 1.33. The Morgan fingerprint density at radius 1 is 1.25 bits per heavy atom. The van der Waals surface area contributed by atoms with Crippen LogP contribution in [-0.4, -0.2) is 53.6 Å². The van der Waals surface area contributed by atoms with Gasteiger partial charge in [-0.25, -0.2) is 4.79 Å². The summed E-state index contributed by atoms with van der Waals surface area (Å²) in [4.78, 5) is 35.9. The van der Waals surface area contributed by atoms with Gasteiger partial charge >= 0.3 is 5.97 Å². The molecule has 24 heavy (non-hydrogen) atoms. The summed E-state index contributed by atoms with van der Waals surface area (Å²) in [7, 11) is 2.67. The number of methoxy groups -OCH3 is 2. The number of benzene rings is 1. The number of aliphatic carboxylic acids is 1. The van der Waals surface area contributed by atoms with Crippen molar-refractivity contribution >= 4 is 17.6 Å². The summed E-state index contributed by atoms with van der Waals surface area (Å²) in [5.41, 5.74) is -0.668. The minimum atomic E-state index is -1.12. The lowest BCUT2D eigenvalue weighted by molar-refractivity contribution is -0.385. The largest absolute Gasteiger partial charge is 0.493 e.